The van der Waals surface area contributed by atoms with Gasteiger partial charge in [-0.05, 0) is 34.1 Å². The predicted molar refractivity (Wildman–Crippen MR) is 73.3 cm³/mol. The average Bonchev–Trinajstić information content (AvgIpc) is 2.75. The lowest BCUT2D eigenvalue weighted by Gasteiger charge is -2.29. The van der Waals surface area contributed by atoms with Crippen molar-refractivity contribution in [1.82, 2.24) is 0 Å². The van der Waals surface area contributed by atoms with Crippen molar-refractivity contribution in [3.05, 3.63) is 50.4 Å². The first-order chi connectivity index (χ1) is 8.63. The second kappa shape index (κ2) is 4.64. The fourth-order valence-corrected chi connectivity index (χ4v) is 3.62. The third-order valence-electron chi connectivity index (χ3n) is 3.02. The van der Waals surface area contributed by atoms with Gasteiger partial charge < -0.3 is 10.5 Å². The summed E-state index contributed by atoms with van der Waals surface area (Å²) in [7, 11) is 0. The van der Waals surface area contributed by atoms with Crippen LogP contribution >= 0.6 is 27.3 Å². The molecule has 5 heteroatoms. The molecular formula is C13H11BrFNOS. The van der Waals surface area contributed by atoms with Crippen LogP contribution in [0, 0.1) is 5.82 Å². The van der Waals surface area contributed by atoms with Gasteiger partial charge in [0, 0.05) is 29.0 Å². The zero-order valence-corrected chi connectivity index (χ0v) is 11.8. The Hall–Kier alpha value is -0.910. The molecule has 18 heavy (non-hydrogen) atoms. The van der Waals surface area contributed by atoms with E-state index in [0.717, 1.165) is 14.2 Å². The topological polar surface area (TPSA) is 35.2 Å². The third-order valence-corrected chi connectivity index (χ3v) is 4.74. The normalized spacial score (nSPS) is 22.4. The van der Waals surface area contributed by atoms with Crippen molar-refractivity contribution in [2.24, 2.45) is 5.73 Å². The number of benzene rings is 1. The number of halogens is 2. The Morgan fingerprint density at radius 1 is 1.33 bits per heavy atom. The molecule has 2 heterocycles. The number of hydrogen-bond acceptors (Lipinski definition) is 3. The van der Waals surface area contributed by atoms with E-state index in [4.69, 9.17) is 10.5 Å². The first kappa shape index (κ1) is 12.1. The van der Waals surface area contributed by atoms with E-state index in [9.17, 15) is 4.39 Å². The fourth-order valence-electron chi connectivity index (χ4n) is 2.15. The zero-order chi connectivity index (χ0) is 12.7. The molecule has 3 rings (SSSR count). The number of thiophene rings is 1. The van der Waals surface area contributed by atoms with Crippen molar-refractivity contribution in [2.45, 2.75) is 18.6 Å². The third kappa shape index (κ3) is 2.18. The highest BCUT2D eigenvalue weighted by atomic mass is 79.9. The van der Waals surface area contributed by atoms with Crippen molar-refractivity contribution < 1.29 is 9.13 Å². The van der Waals surface area contributed by atoms with Crippen LogP contribution in [0.25, 0.3) is 0 Å². The van der Waals surface area contributed by atoms with E-state index in [1.54, 1.807) is 17.4 Å². The van der Waals surface area contributed by atoms with Crippen molar-refractivity contribution in [3.8, 4) is 5.75 Å². The Morgan fingerprint density at radius 3 is 2.89 bits per heavy atom. The number of fused-ring (bicyclic) bond motifs is 1. The van der Waals surface area contributed by atoms with Crippen LogP contribution in [-0.2, 0) is 0 Å². The van der Waals surface area contributed by atoms with Gasteiger partial charge in [0.1, 0.15) is 17.7 Å². The highest BCUT2D eigenvalue weighted by Gasteiger charge is 2.28. The van der Waals surface area contributed by atoms with Crippen molar-refractivity contribution in [2.75, 3.05) is 0 Å². The van der Waals surface area contributed by atoms with Crippen LogP contribution in [0.4, 0.5) is 4.39 Å². The van der Waals surface area contributed by atoms with E-state index in [-0.39, 0.29) is 18.0 Å². The standard InChI is InChI=1S/C13H11BrFNOS/c14-13-4-3-12(18-13)11-6-9(16)8-2-1-7(15)5-10(8)17-11/h1-5,9,11H,6,16H2/t9-,11?/m0/s1. The molecule has 2 atom stereocenters. The molecule has 1 aliphatic rings. The van der Waals surface area contributed by atoms with Gasteiger partial charge in [0.2, 0.25) is 0 Å². The molecule has 0 spiro atoms. The summed E-state index contributed by atoms with van der Waals surface area (Å²) in [6.45, 7) is 0. The average molecular weight is 328 g/mol. The van der Waals surface area contributed by atoms with E-state index in [1.807, 2.05) is 12.1 Å². The molecule has 1 aromatic heterocycles. The summed E-state index contributed by atoms with van der Waals surface area (Å²) in [4.78, 5) is 1.10. The Labute approximate surface area is 117 Å². The minimum atomic E-state index is -0.297. The minimum absolute atomic E-state index is 0.0920. The number of nitrogens with two attached hydrogens (primary N) is 1. The molecule has 94 valence electrons. The molecule has 0 saturated heterocycles. The largest absolute Gasteiger partial charge is 0.484 e. The molecule has 2 N–H and O–H groups in total. The molecule has 0 aliphatic carbocycles. The van der Waals surface area contributed by atoms with Gasteiger partial charge >= 0.3 is 0 Å². The molecule has 1 unspecified atom stereocenters. The maximum atomic E-state index is 13.2. The molecule has 0 bridgehead atoms. The van der Waals surface area contributed by atoms with Crippen molar-refractivity contribution in [1.29, 1.82) is 0 Å². The molecule has 0 fully saturated rings. The van der Waals surface area contributed by atoms with E-state index in [1.165, 1.54) is 12.1 Å². The van der Waals surface area contributed by atoms with Gasteiger partial charge in [-0.25, -0.2) is 4.39 Å². The Kier molecular flexibility index (Phi) is 3.13. The Morgan fingerprint density at radius 2 is 2.17 bits per heavy atom. The maximum absolute atomic E-state index is 13.2. The van der Waals surface area contributed by atoms with Gasteiger partial charge in [-0.3, -0.25) is 0 Å². The Bertz CT molecular complexity index is 586. The van der Waals surface area contributed by atoms with Crippen LogP contribution in [0.3, 0.4) is 0 Å². The summed E-state index contributed by atoms with van der Waals surface area (Å²) in [5.74, 6) is 0.261. The second-order valence-corrected chi connectivity index (χ2v) is 6.77. The predicted octanol–water partition coefficient (Wildman–Crippen LogP) is 4.17. The van der Waals surface area contributed by atoms with Gasteiger partial charge in [-0.2, -0.15) is 0 Å². The van der Waals surface area contributed by atoms with Gasteiger partial charge in [-0.1, -0.05) is 6.07 Å². The Balaban J connectivity index is 1.95. The molecule has 0 saturated carbocycles. The van der Waals surface area contributed by atoms with E-state index >= 15 is 0 Å². The highest BCUT2D eigenvalue weighted by molar-refractivity contribution is 9.11. The highest BCUT2D eigenvalue weighted by Crippen LogP contribution is 2.42. The van der Waals surface area contributed by atoms with Crippen molar-refractivity contribution in [3.63, 3.8) is 0 Å². The molecule has 1 aliphatic heterocycles. The lowest BCUT2D eigenvalue weighted by atomic mass is 9.96. The van der Waals surface area contributed by atoms with Crippen LogP contribution in [0.1, 0.15) is 29.0 Å². The van der Waals surface area contributed by atoms with Gasteiger partial charge in [0.25, 0.3) is 0 Å². The zero-order valence-electron chi connectivity index (χ0n) is 9.40. The number of rotatable bonds is 1. The fraction of sp³-hybridized carbons (Fsp3) is 0.231. The summed E-state index contributed by atoms with van der Waals surface area (Å²) in [5.41, 5.74) is 7.00. The van der Waals surface area contributed by atoms with E-state index in [0.29, 0.717) is 12.2 Å². The van der Waals surface area contributed by atoms with Crippen LogP contribution < -0.4 is 10.5 Å². The van der Waals surface area contributed by atoms with Gasteiger partial charge in [-0.15, -0.1) is 11.3 Å². The van der Waals surface area contributed by atoms with Gasteiger partial charge in [0.05, 0.1) is 3.79 Å². The monoisotopic (exact) mass is 327 g/mol. The molecule has 1 aromatic carbocycles. The molecule has 2 aromatic rings. The van der Waals surface area contributed by atoms with Crippen LogP contribution in [0.15, 0.2) is 34.1 Å². The lowest BCUT2D eigenvalue weighted by Crippen LogP contribution is -2.23. The first-order valence-corrected chi connectivity index (χ1v) is 7.21. The molecule has 2 nitrogen and oxygen atoms in total. The first-order valence-electron chi connectivity index (χ1n) is 5.60. The second-order valence-electron chi connectivity index (χ2n) is 4.27. The summed E-state index contributed by atoms with van der Waals surface area (Å²) >= 11 is 5.05. The lowest BCUT2D eigenvalue weighted by molar-refractivity contribution is 0.164. The van der Waals surface area contributed by atoms with Crippen LogP contribution in [-0.4, -0.2) is 0 Å². The van der Waals surface area contributed by atoms with E-state index < -0.39 is 0 Å². The number of hydrogen-bond donors (Lipinski definition) is 1. The summed E-state index contributed by atoms with van der Waals surface area (Å²) in [6, 6.07) is 8.41. The molecule has 0 radical (unpaired) electrons. The number of ether oxygens (including phenoxy) is 1. The SMILES string of the molecule is N[C@H]1CC(c2ccc(Br)s2)Oc2cc(F)ccc21. The van der Waals surface area contributed by atoms with Crippen molar-refractivity contribution >= 4 is 27.3 Å². The maximum Gasteiger partial charge on any atom is 0.135 e. The smallest absolute Gasteiger partial charge is 0.135 e. The minimum Gasteiger partial charge on any atom is -0.484 e. The summed E-state index contributed by atoms with van der Waals surface area (Å²) in [5, 5.41) is 0. The summed E-state index contributed by atoms with van der Waals surface area (Å²) in [6.07, 6.45) is 0.622. The molecule has 0 amide bonds. The summed E-state index contributed by atoms with van der Waals surface area (Å²) < 4.78 is 20.1. The van der Waals surface area contributed by atoms with Crippen LogP contribution in [0.2, 0.25) is 0 Å². The quantitative estimate of drug-likeness (QED) is 0.853. The van der Waals surface area contributed by atoms with E-state index in [2.05, 4.69) is 15.9 Å². The molecular weight excluding hydrogens is 317 g/mol. The van der Waals surface area contributed by atoms with Crippen LogP contribution in [0.5, 0.6) is 5.75 Å². The van der Waals surface area contributed by atoms with Gasteiger partial charge in [0.15, 0.2) is 0 Å².